The van der Waals surface area contributed by atoms with Crippen molar-refractivity contribution in [3.8, 4) is 5.75 Å². The van der Waals surface area contributed by atoms with Gasteiger partial charge in [-0.25, -0.2) is 13.5 Å². The molecular formula is C13H11BrF2N2O3. The minimum atomic E-state index is -0.729. The Kier molecular flexibility index (Phi) is 5.03. The number of aliphatic hydroxyl groups excluding tert-OH is 1. The normalized spacial score (nSPS) is 10.7. The molecule has 0 saturated carbocycles. The molecule has 0 aliphatic heterocycles. The molecule has 5 nitrogen and oxygen atoms in total. The van der Waals surface area contributed by atoms with Gasteiger partial charge in [-0.1, -0.05) is 0 Å². The predicted octanol–water partition coefficient (Wildman–Crippen LogP) is 1.86. The standard InChI is InChI=1S/C13H11BrF2N2O3/c14-12-11(6-17-18(3-4-19)13(12)20)21-7-8-1-2-9(15)5-10(8)16/h1-2,5-6,19H,3-4,7H2. The number of halogens is 3. The van der Waals surface area contributed by atoms with E-state index >= 15 is 0 Å². The van der Waals surface area contributed by atoms with Gasteiger partial charge in [-0.3, -0.25) is 4.79 Å². The summed E-state index contributed by atoms with van der Waals surface area (Å²) < 4.78 is 32.7. The van der Waals surface area contributed by atoms with Gasteiger partial charge in [0.1, 0.15) is 22.7 Å². The molecule has 0 aliphatic rings. The molecule has 1 N–H and O–H groups in total. The van der Waals surface area contributed by atoms with Crippen LogP contribution in [0.5, 0.6) is 5.75 Å². The zero-order valence-corrected chi connectivity index (χ0v) is 12.3. The molecule has 8 heteroatoms. The van der Waals surface area contributed by atoms with E-state index in [1.807, 2.05) is 0 Å². The summed E-state index contributed by atoms with van der Waals surface area (Å²) in [4.78, 5) is 11.8. The van der Waals surface area contributed by atoms with E-state index in [0.29, 0.717) is 0 Å². The van der Waals surface area contributed by atoms with Crippen molar-refractivity contribution in [1.29, 1.82) is 0 Å². The van der Waals surface area contributed by atoms with Crippen LogP contribution in [0.15, 0.2) is 33.7 Å². The van der Waals surface area contributed by atoms with Gasteiger partial charge in [-0.15, -0.1) is 0 Å². The van der Waals surface area contributed by atoms with E-state index in [2.05, 4.69) is 21.0 Å². The van der Waals surface area contributed by atoms with Crippen molar-refractivity contribution in [2.24, 2.45) is 0 Å². The highest BCUT2D eigenvalue weighted by atomic mass is 79.9. The lowest BCUT2D eigenvalue weighted by molar-refractivity contribution is 0.262. The summed E-state index contributed by atoms with van der Waals surface area (Å²) in [5.74, 6) is -1.27. The summed E-state index contributed by atoms with van der Waals surface area (Å²) in [7, 11) is 0. The smallest absolute Gasteiger partial charge is 0.284 e. The Bertz CT molecular complexity index is 706. The minimum Gasteiger partial charge on any atom is -0.486 e. The lowest BCUT2D eigenvalue weighted by Gasteiger charge is -2.10. The average Bonchev–Trinajstić information content (AvgIpc) is 2.45. The third kappa shape index (κ3) is 3.64. The summed E-state index contributed by atoms with van der Waals surface area (Å²) >= 11 is 3.07. The SMILES string of the molecule is O=c1c(Br)c(OCc2ccc(F)cc2F)cnn1CCO. The summed E-state index contributed by atoms with van der Waals surface area (Å²) in [5.41, 5.74) is -0.316. The molecule has 0 spiro atoms. The number of nitrogens with zero attached hydrogens (tertiary/aromatic N) is 2. The zero-order valence-electron chi connectivity index (χ0n) is 10.7. The van der Waals surface area contributed by atoms with Crippen LogP contribution in [0.25, 0.3) is 0 Å². The molecular weight excluding hydrogens is 350 g/mol. The maximum atomic E-state index is 13.5. The molecule has 112 valence electrons. The Morgan fingerprint density at radius 3 is 2.81 bits per heavy atom. The molecule has 0 unspecified atom stereocenters. The number of aliphatic hydroxyl groups is 1. The number of hydrogen-bond donors (Lipinski definition) is 1. The van der Waals surface area contributed by atoms with Gasteiger partial charge in [0.05, 0.1) is 19.3 Å². The van der Waals surface area contributed by atoms with Crippen LogP contribution >= 0.6 is 15.9 Å². The molecule has 1 aromatic heterocycles. The van der Waals surface area contributed by atoms with Gasteiger partial charge in [-0.05, 0) is 28.1 Å². The number of ether oxygens (including phenoxy) is 1. The molecule has 1 heterocycles. The largest absolute Gasteiger partial charge is 0.486 e. The summed E-state index contributed by atoms with van der Waals surface area (Å²) in [6, 6.07) is 3.14. The van der Waals surface area contributed by atoms with E-state index in [9.17, 15) is 13.6 Å². The first kappa shape index (κ1) is 15.6. The highest BCUT2D eigenvalue weighted by Gasteiger charge is 2.11. The van der Waals surface area contributed by atoms with Crippen molar-refractivity contribution in [1.82, 2.24) is 9.78 Å². The molecule has 0 radical (unpaired) electrons. The second-order valence-electron chi connectivity index (χ2n) is 4.10. The van der Waals surface area contributed by atoms with Crippen molar-refractivity contribution >= 4 is 15.9 Å². The fraction of sp³-hybridized carbons (Fsp3) is 0.231. The summed E-state index contributed by atoms with van der Waals surface area (Å²) in [5, 5.41) is 12.6. The fourth-order valence-corrected chi connectivity index (χ4v) is 2.02. The highest BCUT2D eigenvalue weighted by Crippen LogP contribution is 2.21. The first-order valence-electron chi connectivity index (χ1n) is 5.96. The number of aromatic nitrogens is 2. The summed E-state index contributed by atoms with van der Waals surface area (Å²) in [6.07, 6.45) is 1.28. The van der Waals surface area contributed by atoms with Gasteiger partial charge in [0.15, 0.2) is 5.75 Å². The van der Waals surface area contributed by atoms with Crippen LogP contribution in [-0.2, 0) is 13.2 Å². The quantitative estimate of drug-likeness (QED) is 0.883. The van der Waals surface area contributed by atoms with E-state index in [1.54, 1.807) is 0 Å². The molecule has 0 aliphatic carbocycles. The third-order valence-electron chi connectivity index (χ3n) is 2.66. The Labute approximate surface area is 126 Å². The second-order valence-corrected chi connectivity index (χ2v) is 4.89. The van der Waals surface area contributed by atoms with Crippen molar-refractivity contribution in [3.05, 3.63) is 56.4 Å². The first-order chi connectivity index (χ1) is 10.0. The maximum Gasteiger partial charge on any atom is 0.284 e. The number of benzene rings is 1. The van der Waals surface area contributed by atoms with Crippen LogP contribution in [0, 0.1) is 11.6 Å². The fourth-order valence-electron chi connectivity index (χ4n) is 1.60. The van der Waals surface area contributed by atoms with Gasteiger partial charge in [0.2, 0.25) is 0 Å². The van der Waals surface area contributed by atoms with Crippen LogP contribution in [0.3, 0.4) is 0 Å². The van der Waals surface area contributed by atoms with Crippen molar-refractivity contribution in [3.63, 3.8) is 0 Å². The van der Waals surface area contributed by atoms with E-state index in [0.717, 1.165) is 16.8 Å². The van der Waals surface area contributed by atoms with Gasteiger partial charge >= 0.3 is 0 Å². The van der Waals surface area contributed by atoms with E-state index in [4.69, 9.17) is 9.84 Å². The summed E-state index contributed by atoms with van der Waals surface area (Å²) in [6.45, 7) is -0.333. The van der Waals surface area contributed by atoms with Gasteiger partial charge in [0.25, 0.3) is 5.56 Å². The lowest BCUT2D eigenvalue weighted by atomic mass is 10.2. The Hall–Kier alpha value is -1.80. The molecule has 21 heavy (non-hydrogen) atoms. The van der Waals surface area contributed by atoms with Crippen LogP contribution in [-0.4, -0.2) is 21.5 Å². The molecule has 2 rings (SSSR count). The molecule has 0 saturated heterocycles. The third-order valence-corrected chi connectivity index (χ3v) is 3.39. The van der Waals surface area contributed by atoms with E-state index in [-0.39, 0.29) is 35.5 Å². The Balaban J connectivity index is 2.17. The molecule has 1 aromatic carbocycles. The van der Waals surface area contributed by atoms with Gasteiger partial charge < -0.3 is 9.84 Å². The van der Waals surface area contributed by atoms with E-state index in [1.165, 1.54) is 12.3 Å². The first-order valence-corrected chi connectivity index (χ1v) is 6.75. The Morgan fingerprint density at radius 2 is 2.14 bits per heavy atom. The minimum absolute atomic E-state index is 0.0598. The molecule has 0 atom stereocenters. The predicted molar refractivity (Wildman–Crippen MR) is 74.0 cm³/mol. The lowest BCUT2D eigenvalue weighted by Crippen LogP contribution is -2.25. The maximum absolute atomic E-state index is 13.5. The topological polar surface area (TPSA) is 64.3 Å². The highest BCUT2D eigenvalue weighted by molar-refractivity contribution is 9.10. The van der Waals surface area contributed by atoms with Crippen LogP contribution in [0.4, 0.5) is 8.78 Å². The van der Waals surface area contributed by atoms with Crippen LogP contribution < -0.4 is 10.3 Å². The monoisotopic (exact) mass is 360 g/mol. The molecule has 0 amide bonds. The molecule has 0 fully saturated rings. The average molecular weight is 361 g/mol. The van der Waals surface area contributed by atoms with E-state index < -0.39 is 17.2 Å². The van der Waals surface area contributed by atoms with Crippen LogP contribution in [0.2, 0.25) is 0 Å². The van der Waals surface area contributed by atoms with Crippen LogP contribution in [0.1, 0.15) is 5.56 Å². The Morgan fingerprint density at radius 1 is 1.38 bits per heavy atom. The van der Waals surface area contributed by atoms with Crippen molar-refractivity contribution in [2.75, 3.05) is 6.61 Å². The second kappa shape index (κ2) is 6.77. The van der Waals surface area contributed by atoms with Gasteiger partial charge in [-0.2, -0.15) is 5.10 Å². The molecule has 0 bridgehead atoms. The zero-order chi connectivity index (χ0) is 15.4. The van der Waals surface area contributed by atoms with Gasteiger partial charge in [0, 0.05) is 11.6 Å². The van der Waals surface area contributed by atoms with Crippen molar-refractivity contribution < 1.29 is 18.6 Å². The van der Waals surface area contributed by atoms with Crippen molar-refractivity contribution in [2.45, 2.75) is 13.2 Å². The number of hydrogen-bond acceptors (Lipinski definition) is 4. The number of rotatable bonds is 5. The molecule has 2 aromatic rings.